The Balaban J connectivity index is 2.60. The maximum Gasteiger partial charge on any atom is 0.201 e. The molecule has 3 rings (SSSR count). The van der Waals surface area contributed by atoms with Crippen molar-refractivity contribution in [3.05, 3.63) is 45.6 Å². The van der Waals surface area contributed by atoms with Crippen molar-refractivity contribution in [2.24, 2.45) is 7.05 Å². The third-order valence-corrected chi connectivity index (χ3v) is 4.55. The minimum atomic E-state index is -0.432. The van der Waals surface area contributed by atoms with E-state index >= 15 is 0 Å². The van der Waals surface area contributed by atoms with E-state index in [1.165, 1.54) is 13.2 Å². The van der Waals surface area contributed by atoms with Crippen molar-refractivity contribution in [3.63, 3.8) is 0 Å². The summed E-state index contributed by atoms with van der Waals surface area (Å²) in [5, 5.41) is 32.0. The first-order valence-electron chi connectivity index (χ1n) is 8.18. The van der Waals surface area contributed by atoms with Crippen LogP contribution in [-0.4, -0.2) is 27.0 Å². The molecule has 26 heavy (non-hydrogen) atoms. The molecule has 0 aliphatic rings. The number of para-hydroxylation sites is 1. The van der Waals surface area contributed by atoms with E-state index in [2.05, 4.69) is 0 Å². The van der Waals surface area contributed by atoms with Crippen LogP contribution in [0.3, 0.4) is 0 Å². The van der Waals surface area contributed by atoms with Gasteiger partial charge in [0.05, 0.1) is 23.4 Å². The van der Waals surface area contributed by atoms with Gasteiger partial charge in [0.2, 0.25) is 5.43 Å². The first-order valence-corrected chi connectivity index (χ1v) is 8.18. The molecule has 0 radical (unpaired) electrons. The molecule has 6 nitrogen and oxygen atoms in total. The molecule has 6 heteroatoms. The number of fused-ring (bicyclic) bond motifs is 2. The van der Waals surface area contributed by atoms with Gasteiger partial charge in [0.1, 0.15) is 17.0 Å². The molecular weight excluding hydrogens is 334 g/mol. The molecular formula is C20H21NO5. The molecule has 3 N–H and O–H groups in total. The average molecular weight is 355 g/mol. The summed E-state index contributed by atoms with van der Waals surface area (Å²) in [6, 6.07) is 4.64. The number of pyridine rings is 1. The Labute approximate surface area is 150 Å². The zero-order chi connectivity index (χ0) is 19.2. The van der Waals surface area contributed by atoms with Crippen LogP contribution in [0.15, 0.2) is 34.6 Å². The Hall–Kier alpha value is -3.15. The molecule has 0 spiro atoms. The number of benzene rings is 2. The summed E-state index contributed by atoms with van der Waals surface area (Å²) in [5.74, 6) is -0.486. The molecule has 0 atom stereocenters. The third-order valence-electron chi connectivity index (χ3n) is 4.55. The Morgan fingerprint density at radius 1 is 1.15 bits per heavy atom. The highest BCUT2D eigenvalue weighted by Crippen LogP contribution is 2.45. The molecule has 1 aromatic heterocycles. The van der Waals surface area contributed by atoms with E-state index in [1.807, 2.05) is 19.9 Å². The van der Waals surface area contributed by atoms with Gasteiger partial charge in [-0.1, -0.05) is 17.7 Å². The van der Waals surface area contributed by atoms with Gasteiger partial charge < -0.3 is 24.6 Å². The number of hydrogen-bond donors (Lipinski definition) is 3. The zero-order valence-corrected chi connectivity index (χ0v) is 15.1. The molecule has 2 aromatic carbocycles. The first kappa shape index (κ1) is 17.7. The highest BCUT2D eigenvalue weighted by molar-refractivity contribution is 6.03. The molecule has 0 aliphatic heterocycles. The Morgan fingerprint density at radius 2 is 1.85 bits per heavy atom. The van der Waals surface area contributed by atoms with Crippen molar-refractivity contribution < 1.29 is 20.1 Å². The molecule has 0 saturated heterocycles. The maximum absolute atomic E-state index is 13.0. The van der Waals surface area contributed by atoms with Crippen molar-refractivity contribution in [3.8, 4) is 23.0 Å². The summed E-state index contributed by atoms with van der Waals surface area (Å²) in [7, 11) is 3.02. The minimum absolute atomic E-state index is 0.0532. The predicted octanol–water partition coefficient (Wildman–Crippen LogP) is 3.33. The first-order chi connectivity index (χ1) is 12.3. The minimum Gasteiger partial charge on any atom is -0.507 e. The summed E-state index contributed by atoms with van der Waals surface area (Å²) in [5.41, 5.74) is 1.34. The Morgan fingerprint density at radius 3 is 2.46 bits per heavy atom. The van der Waals surface area contributed by atoms with Gasteiger partial charge in [-0.15, -0.1) is 0 Å². The number of phenols is 3. The second kappa shape index (κ2) is 6.29. The van der Waals surface area contributed by atoms with Crippen LogP contribution in [0.1, 0.15) is 19.4 Å². The molecule has 0 unspecified atom stereocenters. The Kier molecular flexibility index (Phi) is 4.28. The van der Waals surface area contributed by atoms with E-state index in [0.29, 0.717) is 5.52 Å². The number of allylic oxidation sites excluding steroid dienone is 2. The standard InChI is InChI=1S/C20H21NO5/c1-10(2)8-9-12-18(24)14-16(20(26-4)19(12)25)21(3)15-11(17(14)23)6-5-7-13(15)22/h5-8,22,24-25H,9H2,1-4H3. The number of aromatic hydroxyl groups is 3. The van der Waals surface area contributed by atoms with Crippen LogP contribution in [0.5, 0.6) is 23.0 Å². The van der Waals surface area contributed by atoms with Crippen LogP contribution in [0.25, 0.3) is 21.8 Å². The molecule has 0 saturated carbocycles. The number of rotatable bonds is 3. The second-order valence-electron chi connectivity index (χ2n) is 6.48. The van der Waals surface area contributed by atoms with Crippen LogP contribution < -0.4 is 10.2 Å². The van der Waals surface area contributed by atoms with Crippen LogP contribution in [0, 0.1) is 0 Å². The Bertz CT molecular complexity index is 1120. The monoisotopic (exact) mass is 355 g/mol. The van der Waals surface area contributed by atoms with Crippen molar-refractivity contribution in [2.45, 2.75) is 20.3 Å². The number of aromatic nitrogens is 1. The average Bonchev–Trinajstić information content (AvgIpc) is 2.58. The van der Waals surface area contributed by atoms with E-state index in [1.54, 1.807) is 23.7 Å². The van der Waals surface area contributed by atoms with Crippen LogP contribution in [-0.2, 0) is 13.5 Å². The van der Waals surface area contributed by atoms with Gasteiger partial charge in [-0.05, 0) is 32.4 Å². The van der Waals surface area contributed by atoms with Crippen LogP contribution in [0.2, 0.25) is 0 Å². The SMILES string of the molecule is COc1c(O)c(CC=C(C)C)c(O)c2c(=O)c3cccc(O)c3n(C)c12. The van der Waals surface area contributed by atoms with Crippen molar-refractivity contribution in [1.82, 2.24) is 4.57 Å². The summed E-state index contributed by atoms with van der Waals surface area (Å²) >= 11 is 0. The van der Waals surface area contributed by atoms with Gasteiger partial charge in [0.25, 0.3) is 0 Å². The molecule has 0 amide bonds. The molecule has 0 fully saturated rings. The molecule has 1 heterocycles. The quantitative estimate of drug-likeness (QED) is 0.495. The third kappa shape index (κ3) is 2.45. The van der Waals surface area contributed by atoms with Crippen molar-refractivity contribution >= 4 is 21.8 Å². The summed E-state index contributed by atoms with van der Waals surface area (Å²) in [6.07, 6.45) is 2.10. The number of methoxy groups -OCH3 is 1. The highest BCUT2D eigenvalue weighted by Gasteiger charge is 2.25. The number of aryl methyl sites for hydroxylation is 1. The number of ether oxygens (including phenoxy) is 1. The van der Waals surface area contributed by atoms with Crippen LogP contribution >= 0.6 is 0 Å². The van der Waals surface area contributed by atoms with E-state index < -0.39 is 5.43 Å². The van der Waals surface area contributed by atoms with Gasteiger partial charge in [-0.25, -0.2) is 0 Å². The lowest BCUT2D eigenvalue weighted by Crippen LogP contribution is -2.11. The summed E-state index contributed by atoms with van der Waals surface area (Å²) in [4.78, 5) is 13.0. The fraction of sp³-hybridized carbons (Fsp3) is 0.250. The van der Waals surface area contributed by atoms with Gasteiger partial charge in [0, 0.05) is 12.6 Å². The topological polar surface area (TPSA) is 91.9 Å². The molecule has 0 aliphatic carbocycles. The highest BCUT2D eigenvalue weighted by atomic mass is 16.5. The number of nitrogens with zero attached hydrogens (tertiary/aromatic N) is 1. The van der Waals surface area contributed by atoms with E-state index in [0.717, 1.165) is 5.57 Å². The van der Waals surface area contributed by atoms with Gasteiger partial charge >= 0.3 is 0 Å². The van der Waals surface area contributed by atoms with E-state index in [-0.39, 0.29) is 51.3 Å². The zero-order valence-electron chi connectivity index (χ0n) is 15.1. The normalized spacial score (nSPS) is 11.1. The fourth-order valence-corrected chi connectivity index (χ4v) is 3.28. The predicted molar refractivity (Wildman–Crippen MR) is 101 cm³/mol. The number of phenolic OH excluding ortho intramolecular Hbond substituents is 3. The fourth-order valence-electron chi connectivity index (χ4n) is 3.28. The smallest absolute Gasteiger partial charge is 0.201 e. The molecule has 3 aromatic rings. The number of hydrogen-bond acceptors (Lipinski definition) is 5. The summed E-state index contributed by atoms with van der Waals surface area (Å²) < 4.78 is 6.91. The molecule has 0 bridgehead atoms. The summed E-state index contributed by atoms with van der Waals surface area (Å²) in [6.45, 7) is 3.81. The van der Waals surface area contributed by atoms with E-state index in [4.69, 9.17) is 4.74 Å². The largest absolute Gasteiger partial charge is 0.507 e. The molecule has 136 valence electrons. The van der Waals surface area contributed by atoms with Gasteiger partial charge in [-0.2, -0.15) is 0 Å². The van der Waals surface area contributed by atoms with Gasteiger partial charge in [0.15, 0.2) is 11.5 Å². The van der Waals surface area contributed by atoms with Crippen molar-refractivity contribution in [1.29, 1.82) is 0 Å². The second-order valence-corrected chi connectivity index (χ2v) is 6.48. The van der Waals surface area contributed by atoms with Crippen LogP contribution in [0.4, 0.5) is 0 Å². The maximum atomic E-state index is 13.0. The lowest BCUT2D eigenvalue weighted by Gasteiger charge is -2.18. The van der Waals surface area contributed by atoms with Gasteiger partial charge in [-0.3, -0.25) is 4.79 Å². The van der Waals surface area contributed by atoms with Crippen molar-refractivity contribution in [2.75, 3.05) is 7.11 Å². The lowest BCUT2D eigenvalue weighted by molar-refractivity contribution is 0.370. The van der Waals surface area contributed by atoms with E-state index in [9.17, 15) is 20.1 Å². The lowest BCUT2D eigenvalue weighted by atomic mass is 10.00.